The Hall–Kier alpha value is -4.20. The Labute approximate surface area is 311 Å². The number of nitrogens with one attached hydrogen (secondary N) is 3. The first-order valence-corrected chi connectivity index (χ1v) is 20.7. The van der Waals surface area contributed by atoms with E-state index in [2.05, 4.69) is 15.4 Å². The van der Waals surface area contributed by atoms with Gasteiger partial charge in [0.25, 0.3) is 5.91 Å². The summed E-state index contributed by atoms with van der Waals surface area (Å²) in [6.07, 6.45) is 9.83. The topological polar surface area (TPSA) is 167 Å². The van der Waals surface area contributed by atoms with E-state index in [4.69, 9.17) is 9.72 Å². The second-order valence-electron chi connectivity index (χ2n) is 15.9. The number of fused-ring (bicyclic) bond motifs is 5. The molecule has 1 aromatic heterocycles. The van der Waals surface area contributed by atoms with E-state index in [1.165, 1.54) is 4.90 Å². The number of carbonyl (C=O) groups excluding carboxylic acids is 4. The number of rotatable bonds is 6. The van der Waals surface area contributed by atoms with E-state index in [9.17, 15) is 27.6 Å². The molecule has 0 bridgehead atoms. The molecular weight excluding hydrogens is 697 g/mol. The zero-order chi connectivity index (χ0) is 37.8. The van der Waals surface area contributed by atoms with Gasteiger partial charge in [-0.1, -0.05) is 43.2 Å². The van der Waals surface area contributed by atoms with Crippen LogP contribution in [0.3, 0.4) is 0 Å². The summed E-state index contributed by atoms with van der Waals surface area (Å²) >= 11 is 0. The van der Waals surface area contributed by atoms with Crippen LogP contribution in [-0.2, 0) is 30.8 Å². The maximum absolute atomic E-state index is 14.7. The van der Waals surface area contributed by atoms with Crippen molar-refractivity contribution in [1.29, 1.82) is 0 Å². The van der Waals surface area contributed by atoms with Gasteiger partial charge < -0.3 is 25.2 Å². The Morgan fingerprint density at radius 1 is 1.08 bits per heavy atom. The van der Waals surface area contributed by atoms with E-state index >= 15 is 0 Å². The van der Waals surface area contributed by atoms with Crippen molar-refractivity contribution in [2.45, 2.75) is 126 Å². The molecular formula is C39H52N6O7S. The number of aryl methyl sites for hydroxylation is 2. The third-order valence-corrected chi connectivity index (χ3v) is 14.4. The number of nitrogens with zero attached hydrogens (tertiary/aromatic N) is 3. The van der Waals surface area contributed by atoms with Crippen LogP contribution in [0.4, 0.5) is 4.79 Å². The molecule has 5 aliphatic rings. The van der Waals surface area contributed by atoms with Gasteiger partial charge in [0, 0.05) is 36.4 Å². The summed E-state index contributed by atoms with van der Waals surface area (Å²) in [5.41, 5.74) is 0.221. The van der Waals surface area contributed by atoms with Crippen molar-refractivity contribution in [2.75, 3.05) is 19.6 Å². The van der Waals surface area contributed by atoms with Crippen LogP contribution < -0.4 is 20.1 Å². The number of para-hydroxylation sites is 1. The lowest BCUT2D eigenvalue weighted by atomic mass is 9.87. The fourth-order valence-electron chi connectivity index (χ4n) is 8.39. The Morgan fingerprint density at radius 2 is 1.83 bits per heavy atom. The Morgan fingerprint density at radius 3 is 2.57 bits per heavy atom. The Kier molecular flexibility index (Phi) is 9.73. The predicted octanol–water partition coefficient (Wildman–Crippen LogP) is 4.02. The molecule has 0 radical (unpaired) electrons. The number of benzene rings is 1. The van der Waals surface area contributed by atoms with Gasteiger partial charge in [0.15, 0.2) is 0 Å². The lowest BCUT2D eigenvalue weighted by molar-refractivity contribution is -0.141. The molecule has 13 nitrogen and oxygen atoms in total. The molecule has 0 unspecified atom stereocenters. The fraction of sp³-hybridized carbons (Fsp3) is 0.615. The molecule has 5 atom stereocenters. The normalized spacial score (nSPS) is 29.4. The number of hydrogen-bond donors (Lipinski definition) is 3. The number of allylic oxidation sites excluding steroid dienone is 1. The van der Waals surface area contributed by atoms with Crippen LogP contribution >= 0.6 is 0 Å². The quantitative estimate of drug-likeness (QED) is 0.373. The van der Waals surface area contributed by atoms with Crippen LogP contribution in [0.15, 0.2) is 36.4 Å². The van der Waals surface area contributed by atoms with Gasteiger partial charge in [-0.25, -0.2) is 18.2 Å². The van der Waals surface area contributed by atoms with Crippen molar-refractivity contribution >= 4 is 44.7 Å². The number of ether oxygens (including phenoxy) is 1. The van der Waals surface area contributed by atoms with Gasteiger partial charge in [0.1, 0.15) is 29.0 Å². The first-order chi connectivity index (χ1) is 25.3. The molecule has 286 valence electrons. The number of hydrogen-bond acceptors (Lipinski definition) is 8. The number of sulfonamides is 1. The first-order valence-electron chi connectivity index (χ1n) is 19.2. The monoisotopic (exact) mass is 748 g/mol. The summed E-state index contributed by atoms with van der Waals surface area (Å²) in [5, 5.41) is 6.95. The molecule has 5 amide bonds. The highest BCUT2D eigenvalue weighted by Gasteiger charge is 2.64. The molecule has 7 rings (SSSR count). The maximum Gasteiger partial charge on any atom is 0.318 e. The third-order valence-electron chi connectivity index (χ3n) is 12.2. The van der Waals surface area contributed by atoms with Crippen LogP contribution in [0.5, 0.6) is 5.75 Å². The van der Waals surface area contributed by atoms with Crippen LogP contribution in [0.1, 0.15) is 96.2 Å². The van der Waals surface area contributed by atoms with Gasteiger partial charge in [-0.3, -0.25) is 19.1 Å². The van der Waals surface area contributed by atoms with Crippen molar-refractivity contribution in [3.63, 3.8) is 0 Å². The second-order valence-corrected chi connectivity index (χ2v) is 18.1. The molecule has 1 saturated heterocycles. The van der Waals surface area contributed by atoms with Crippen molar-refractivity contribution in [1.82, 2.24) is 30.1 Å². The SMILES string of the molecule is CCN(CC)C(=O)N[C@H]1CCCCCC=C[C@@H]2C[C@@]2(C(=O)NS(=O)(=O)C2(C)CC2)NC(=O)[C@@H]2C[C@]3(CCc4c(c(C)nc5ccccc45)O3)CN2C1=O. The second kappa shape index (κ2) is 13.9. The van der Waals surface area contributed by atoms with Crippen LogP contribution in [0.25, 0.3) is 10.9 Å². The number of urea groups is 1. The molecule has 1 aromatic carbocycles. The van der Waals surface area contributed by atoms with Crippen molar-refractivity contribution < 1.29 is 32.3 Å². The van der Waals surface area contributed by atoms with E-state index in [0.717, 1.165) is 41.4 Å². The summed E-state index contributed by atoms with van der Waals surface area (Å²) < 4.78 is 34.5. The average molecular weight is 749 g/mol. The lowest BCUT2D eigenvalue weighted by Gasteiger charge is -2.37. The zero-order valence-corrected chi connectivity index (χ0v) is 32.0. The molecule has 3 N–H and O–H groups in total. The molecule has 2 saturated carbocycles. The van der Waals surface area contributed by atoms with E-state index in [1.54, 1.807) is 11.8 Å². The Bertz CT molecular complexity index is 1960. The van der Waals surface area contributed by atoms with Gasteiger partial charge in [-0.15, -0.1) is 0 Å². The van der Waals surface area contributed by atoms with Gasteiger partial charge in [-0.2, -0.15) is 0 Å². The smallest absolute Gasteiger partial charge is 0.318 e. The molecule has 2 aliphatic carbocycles. The zero-order valence-electron chi connectivity index (χ0n) is 31.2. The molecule has 14 heteroatoms. The van der Waals surface area contributed by atoms with Crippen LogP contribution in [0, 0.1) is 12.8 Å². The van der Waals surface area contributed by atoms with Crippen molar-refractivity contribution in [3.8, 4) is 5.75 Å². The van der Waals surface area contributed by atoms with E-state index in [1.807, 2.05) is 57.2 Å². The summed E-state index contributed by atoms with van der Waals surface area (Å²) in [4.78, 5) is 64.6. The van der Waals surface area contributed by atoms with Crippen molar-refractivity contribution in [3.05, 3.63) is 47.7 Å². The minimum atomic E-state index is -3.97. The van der Waals surface area contributed by atoms with E-state index in [-0.39, 0.29) is 31.3 Å². The molecule has 3 fully saturated rings. The molecule has 4 heterocycles. The number of amides is 5. The summed E-state index contributed by atoms with van der Waals surface area (Å²) in [6.45, 7) is 8.32. The third kappa shape index (κ3) is 6.87. The predicted molar refractivity (Wildman–Crippen MR) is 199 cm³/mol. The minimum absolute atomic E-state index is 0.0997. The lowest BCUT2D eigenvalue weighted by Crippen LogP contribution is -2.59. The molecule has 1 spiro atoms. The Balaban J connectivity index is 1.24. The minimum Gasteiger partial charge on any atom is -0.483 e. The largest absolute Gasteiger partial charge is 0.483 e. The molecule has 53 heavy (non-hydrogen) atoms. The highest BCUT2D eigenvalue weighted by molar-refractivity contribution is 7.91. The van der Waals surface area contributed by atoms with E-state index in [0.29, 0.717) is 57.4 Å². The number of carbonyl (C=O) groups is 4. The van der Waals surface area contributed by atoms with Crippen LogP contribution in [0.2, 0.25) is 0 Å². The van der Waals surface area contributed by atoms with Gasteiger partial charge in [-0.05, 0) is 85.1 Å². The summed E-state index contributed by atoms with van der Waals surface area (Å²) in [6, 6.07) is 5.64. The fourth-order valence-corrected chi connectivity index (χ4v) is 9.71. The number of aromatic nitrogens is 1. The molecule has 2 aromatic rings. The van der Waals surface area contributed by atoms with Gasteiger partial charge in [0.05, 0.1) is 22.5 Å². The average Bonchev–Trinajstić information content (AvgIpc) is 4.02. The van der Waals surface area contributed by atoms with Crippen molar-refractivity contribution in [2.24, 2.45) is 5.92 Å². The standard InChI is InChI=1S/C39H52N6O7S/c1-5-44(6-2)36(49)41-30-17-11-9-7-8-10-14-26-22-39(26,35(48)43-53(50,51)37(4)20-21-37)42-33(46)31-23-38(24-45(31)34(30)47)19-18-28-27-15-12-13-16-29(27)40-25(3)32(28)52-38/h10,12-16,26,30-31H,5-9,11,17-24H2,1-4H3,(H,41,49)(H,42,46)(H,43,48)/t26-,30+,31+,38-,39-/m1/s1. The summed E-state index contributed by atoms with van der Waals surface area (Å²) in [5.74, 6) is -1.45. The first kappa shape index (κ1) is 37.1. The summed E-state index contributed by atoms with van der Waals surface area (Å²) in [7, 11) is -3.97. The highest BCUT2D eigenvalue weighted by Crippen LogP contribution is 2.49. The highest BCUT2D eigenvalue weighted by atomic mass is 32.2. The van der Waals surface area contributed by atoms with Gasteiger partial charge in [0.2, 0.25) is 21.8 Å². The number of pyridine rings is 1. The molecule has 3 aliphatic heterocycles. The van der Waals surface area contributed by atoms with Gasteiger partial charge >= 0.3 is 6.03 Å². The van der Waals surface area contributed by atoms with E-state index < -0.39 is 55.7 Å². The maximum atomic E-state index is 14.7. The van der Waals surface area contributed by atoms with Crippen LogP contribution in [-0.4, -0.2) is 94.6 Å².